The average Bonchev–Trinajstić information content (AvgIpc) is 3.67. The van der Waals surface area contributed by atoms with Crippen LogP contribution < -0.4 is 65.6 Å². The molecule has 0 amide bonds. The zero-order chi connectivity index (χ0) is 30.3. The Morgan fingerprint density at radius 3 is 0.792 bits per heavy atom. The number of nitrogens with zero attached hydrogens (tertiary/aromatic N) is 2. The number of fused-ring (bicyclic) bond motifs is 12. The Hall–Kier alpha value is -5.60. The summed E-state index contributed by atoms with van der Waals surface area (Å²) in [6.45, 7) is 0.801. The van der Waals surface area contributed by atoms with Crippen molar-refractivity contribution < 1.29 is 0 Å². The molecular weight excluding hydrogens is 576 g/mol. The lowest BCUT2D eigenvalue weighted by atomic mass is 9.15. The molecule has 0 spiro atoms. The van der Waals surface area contributed by atoms with E-state index in [1.165, 1.54) is 98.7 Å². The highest BCUT2D eigenvalue weighted by molar-refractivity contribution is 7.18. The summed E-state index contributed by atoms with van der Waals surface area (Å²) in [6.07, 6.45) is 0. The van der Waals surface area contributed by atoms with E-state index >= 15 is 0 Å². The van der Waals surface area contributed by atoms with Gasteiger partial charge < -0.3 is 9.13 Å². The highest BCUT2D eigenvalue weighted by Crippen LogP contribution is 2.39. The van der Waals surface area contributed by atoms with Gasteiger partial charge in [0.15, 0.2) is 0 Å². The van der Waals surface area contributed by atoms with Gasteiger partial charge in [0.1, 0.15) is 0 Å². The average molecular weight is 596 g/mol. The van der Waals surface area contributed by atoms with E-state index < -0.39 is 0 Å². The van der Waals surface area contributed by atoms with Crippen molar-refractivity contribution in [1.29, 1.82) is 0 Å². The van der Waals surface area contributed by atoms with Crippen molar-refractivity contribution in [2.24, 2.45) is 0 Å². The van der Waals surface area contributed by atoms with Gasteiger partial charge in [0.2, 0.25) is 26.9 Å². The van der Waals surface area contributed by atoms with E-state index in [0.717, 1.165) is 0 Å². The number of rotatable bonds is 0. The van der Waals surface area contributed by atoms with Crippen LogP contribution in [0.4, 0.5) is 0 Å². The van der Waals surface area contributed by atoms with Gasteiger partial charge in [-0.25, -0.2) is 0 Å². The fraction of sp³-hybridized carbons (Fsp3) is 0. The van der Waals surface area contributed by atoms with E-state index in [1.54, 1.807) is 21.9 Å². The molecule has 2 nitrogen and oxygen atoms in total. The number of hydrogen-bond acceptors (Lipinski definition) is 0. The maximum Gasteiger partial charge on any atom is 0.245 e. The summed E-state index contributed by atoms with van der Waals surface area (Å²) in [5.74, 6) is 0. The van der Waals surface area contributed by atoms with Crippen molar-refractivity contribution in [3.63, 3.8) is 0 Å². The molecule has 8 heterocycles. The maximum atomic E-state index is 2.75. The van der Waals surface area contributed by atoms with Crippen molar-refractivity contribution >= 4 is 136 Å². The van der Waals surface area contributed by atoms with Crippen molar-refractivity contribution in [2.45, 2.75) is 0 Å². The summed E-state index contributed by atoms with van der Waals surface area (Å²) in [5.41, 5.74) is 26.7. The highest BCUT2D eigenvalue weighted by atomic mass is 15.0. The van der Waals surface area contributed by atoms with Crippen LogP contribution in [0.1, 0.15) is 0 Å². The minimum atomic E-state index is 0.200. The third-order valence-corrected chi connectivity index (χ3v) is 13.4. The lowest BCUT2D eigenvalue weighted by molar-refractivity contribution is 1.17. The second kappa shape index (κ2) is 6.98. The molecule has 0 atom stereocenters. The van der Waals surface area contributed by atoms with E-state index in [2.05, 4.69) is 130 Å². The molecule has 0 fully saturated rings. The molecule has 48 heavy (non-hydrogen) atoms. The SMILES string of the molecule is c1ccc2c(c1)B1c3c4c5c6c7c3-n3c8c1cccc8c1cccc(c13)B7c1ccccc1B6c1cccc3c6cccc(c6n-5c13)B24. The number of benzene rings is 7. The zero-order valence-corrected chi connectivity index (χ0v) is 25.8. The fourth-order valence-electron chi connectivity index (χ4n) is 12.2. The fourth-order valence-corrected chi connectivity index (χ4v) is 12.2. The Morgan fingerprint density at radius 1 is 0.271 bits per heavy atom. The van der Waals surface area contributed by atoms with Gasteiger partial charge in [-0.2, -0.15) is 0 Å². The molecule has 6 heteroatoms. The Balaban J connectivity index is 1.32. The summed E-state index contributed by atoms with van der Waals surface area (Å²) in [7, 11) is 0. The smallest absolute Gasteiger partial charge is 0.245 e. The van der Waals surface area contributed by atoms with Gasteiger partial charge in [-0.1, -0.05) is 143 Å². The van der Waals surface area contributed by atoms with Crippen LogP contribution in [0, 0.1) is 0 Å². The van der Waals surface area contributed by atoms with Gasteiger partial charge >= 0.3 is 0 Å². The van der Waals surface area contributed by atoms with E-state index in [0.29, 0.717) is 0 Å². The van der Waals surface area contributed by atoms with Crippen LogP contribution in [0.3, 0.4) is 0 Å². The van der Waals surface area contributed by atoms with Crippen LogP contribution in [-0.2, 0) is 0 Å². The molecule has 0 bridgehead atoms. The lowest BCUT2D eigenvalue weighted by Gasteiger charge is -2.48. The number of para-hydroxylation sites is 4. The Kier molecular flexibility index (Phi) is 3.32. The molecule has 15 rings (SSSR count). The second-order valence-electron chi connectivity index (χ2n) is 15.0. The first-order valence-electron chi connectivity index (χ1n) is 17.4. The predicted molar refractivity (Wildman–Crippen MR) is 207 cm³/mol. The Bertz CT molecular complexity index is 2750. The molecule has 0 radical (unpaired) electrons. The van der Waals surface area contributed by atoms with Gasteiger partial charge in [0.05, 0.1) is 0 Å². The molecule has 7 aromatic carbocycles. The predicted octanol–water partition coefficient (Wildman–Crippen LogP) is -0.174. The molecular formula is C42H20B4N2. The minimum Gasteiger partial charge on any atom is -0.311 e. The van der Waals surface area contributed by atoms with Crippen molar-refractivity contribution in [3.8, 4) is 11.4 Å². The van der Waals surface area contributed by atoms with Gasteiger partial charge in [0.25, 0.3) is 0 Å². The molecule has 9 aromatic rings. The van der Waals surface area contributed by atoms with Crippen molar-refractivity contribution in [3.05, 3.63) is 121 Å². The summed E-state index contributed by atoms with van der Waals surface area (Å²) >= 11 is 0. The Labute approximate surface area is 276 Å². The van der Waals surface area contributed by atoms with Gasteiger partial charge in [-0.05, 0) is 43.7 Å². The highest BCUT2D eigenvalue weighted by Gasteiger charge is 2.56. The minimum absolute atomic E-state index is 0.200. The normalized spacial score (nSPS) is 15.3. The van der Waals surface area contributed by atoms with Crippen LogP contribution >= 0.6 is 0 Å². The summed E-state index contributed by atoms with van der Waals surface area (Å²) in [6, 6.07) is 47.5. The number of aromatic nitrogens is 2. The molecule has 0 aliphatic carbocycles. The number of hydrogen-bond donors (Lipinski definition) is 0. The largest absolute Gasteiger partial charge is 0.311 e. The third-order valence-electron chi connectivity index (χ3n) is 13.4. The van der Waals surface area contributed by atoms with Crippen LogP contribution in [0.2, 0.25) is 0 Å². The van der Waals surface area contributed by atoms with Gasteiger partial charge in [0, 0.05) is 55.0 Å². The van der Waals surface area contributed by atoms with E-state index in [-0.39, 0.29) is 26.9 Å². The first kappa shape index (κ1) is 22.8. The summed E-state index contributed by atoms with van der Waals surface area (Å²) in [4.78, 5) is 0. The topological polar surface area (TPSA) is 9.86 Å². The molecule has 6 aliphatic rings. The first-order chi connectivity index (χ1) is 23.9. The van der Waals surface area contributed by atoms with Crippen LogP contribution in [-0.4, -0.2) is 36.0 Å². The molecule has 6 aliphatic heterocycles. The Morgan fingerprint density at radius 2 is 0.521 bits per heavy atom. The second-order valence-corrected chi connectivity index (χ2v) is 15.0. The van der Waals surface area contributed by atoms with E-state index in [9.17, 15) is 0 Å². The summed E-state index contributed by atoms with van der Waals surface area (Å²) in [5, 5.41) is 5.56. The van der Waals surface area contributed by atoms with E-state index in [1.807, 2.05) is 0 Å². The van der Waals surface area contributed by atoms with Crippen LogP contribution in [0.5, 0.6) is 0 Å². The molecule has 0 saturated carbocycles. The third kappa shape index (κ3) is 2.02. The first-order valence-corrected chi connectivity index (χ1v) is 17.4. The molecule has 210 valence electrons. The standard InChI is InChI=1S/C42H20B4N2/c1-2-14-26-25(13-1)43-29-17-5-9-21-22-11-7-19-31-39(22)47(37(21)29)41-33(43)34-42-36-35(41)45(31)27-15-3-4-16-28(27)46(36)32-20-8-12-24-23-10-6-18-30(44(26)34)38(23)48(42)40(24)32/h1-20H. The molecule has 0 saturated heterocycles. The van der Waals surface area contributed by atoms with Crippen molar-refractivity contribution in [2.75, 3.05) is 0 Å². The van der Waals surface area contributed by atoms with Gasteiger partial charge in [-0.3, -0.25) is 0 Å². The van der Waals surface area contributed by atoms with Crippen LogP contribution in [0.15, 0.2) is 121 Å². The summed E-state index contributed by atoms with van der Waals surface area (Å²) < 4.78 is 5.50. The van der Waals surface area contributed by atoms with Gasteiger partial charge in [-0.15, -0.1) is 0 Å². The maximum absolute atomic E-state index is 2.75. The zero-order valence-electron chi connectivity index (χ0n) is 25.8. The molecule has 0 N–H and O–H groups in total. The van der Waals surface area contributed by atoms with Crippen molar-refractivity contribution in [1.82, 2.24) is 9.13 Å². The van der Waals surface area contributed by atoms with E-state index in [4.69, 9.17) is 0 Å². The van der Waals surface area contributed by atoms with Crippen LogP contribution in [0.25, 0.3) is 55.0 Å². The molecule has 2 aromatic heterocycles. The quantitative estimate of drug-likeness (QED) is 0.216. The molecule has 0 unspecified atom stereocenters. The monoisotopic (exact) mass is 596 g/mol. The lowest BCUT2D eigenvalue weighted by Crippen LogP contribution is -2.85.